The molecule has 3 aliphatic rings. The number of amidine groups is 1. The first-order valence-corrected chi connectivity index (χ1v) is 16.2. The average molecular weight is 662 g/mol. The van der Waals surface area contributed by atoms with Crippen LogP contribution in [0.25, 0.3) is 6.08 Å². The smallest absolute Gasteiger partial charge is 0.406 e. The fourth-order valence-electron chi connectivity index (χ4n) is 6.16. The van der Waals surface area contributed by atoms with Gasteiger partial charge in [-0.3, -0.25) is 19.4 Å². The number of nitrogens with zero attached hydrogens (tertiary/aromatic N) is 2. The van der Waals surface area contributed by atoms with Crippen LogP contribution in [-0.2, 0) is 24.4 Å². The zero-order valence-corrected chi connectivity index (χ0v) is 26.2. The molecule has 0 bridgehead atoms. The van der Waals surface area contributed by atoms with E-state index in [9.17, 15) is 36.0 Å². The molecule has 11 nitrogen and oxygen atoms in total. The number of sulfonamides is 1. The molecule has 0 aliphatic carbocycles. The van der Waals surface area contributed by atoms with Gasteiger partial charge in [-0.15, -0.1) is 13.2 Å². The van der Waals surface area contributed by atoms with E-state index in [1.165, 1.54) is 29.4 Å². The molecule has 2 aromatic carbocycles. The zero-order valence-electron chi connectivity index (χ0n) is 25.4. The van der Waals surface area contributed by atoms with E-state index < -0.39 is 39.6 Å². The lowest BCUT2D eigenvalue weighted by Gasteiger charge is -2.34. The monoisotopic (exact) mass is 661 g/mol. The lowest BCUT2D eigenvalue weighted by Crippen LogP contribution is -2.50. The molecule has 5 rings (SSSR count). The van der Waals surface area contributed by atoms with E-state index in [0.717, 1.165) is 34.2 Å². The van der Waals surface area contributed by atoms with E-state index >= 15 is 0 Å². The second-order valence-electron chi connectivity index (χ2n) is 11.7. The summed E-state index contributed by atoms with van der Waals surface area (Å²) >= 11 is 0. The van der Waals surface area contributed by atoms with E-state index in [0.29, 0.717) is 18.4 Å². The van der Waals surface area contributed by atoms with Crippen LogP contribution in [0.5, 0.6) is 5.75 Å². The molecule has 3 aliphatic heterocycles. The maximum absolute atomic E-state index is 13.3. The Morgan fingerprint density at radius 3 is 2.41 bits per heavy atom. The Hall–Kier alpha value is -4.24. The van der Waals surface area contributed by atoms with Crippen LogP contribution in [0.2, 0.25) is 0 Å². The summed E-state index contributed by atoms with van der Waals surface area (Å²) in [4.78, 5) is 41.2. The summed E-state index contributed by atoms with van der Waals surface area (Å²) in [7, 11) is -3.88. The number of nitrogens with one attached hydrogen (secondary N) is 3. The minimum Gasteiger partial charge on any atom is -0.406 e. The van der Waals surface area contributed by atoms with Crippen LogP contribution in [0.1, 0.15) is 66.5 Å². The zero-order chi connectivity index (χ0) is 33.4. The van der Waals surface area contributed by atoms with Crippen molar-refractivity contribution in [2.75, 3.05) is 13.1 Å². The van der Waals surface area contributed by atoms with Crippen molar-refractivity contribution in [3.8, 4) is 5.75 Å². The highest BCUT2D eigenvalue weighted by atomic mass is 32.2. The highest BCUT2D eigenvalue weighted by molar-refractivity contribution is 7.92. The van der Waals surface area contributed by atoms with Crippen LogP contribution in [0, 0.1) is 13.8 Å². The number of hydrogen-bond donors (Lipinski definition) is 3. The molecule has 0 radical (unpaired) electrons. The molecule has 1 unspecified atom stereocenters. The van der Waals surface area contributed by atoms with Gasteiger partial charge in [0.25, 0.3) is 5.91 Å². The number of amides is 3. The minimum absolute atomic E-state index is 0.0104. The van der Waals surface area contributed by atoms with Crippen molar-refractivity contribution >= 4 is 39.7 Å². The fourth-order valence-corrected chi connectivity index (χ4v) is 7.33. The van der Waals surface area contributed by atoms with Gasteiger partial charge in [0.2, 0.25) is 21.8 Å². The molecule has 246 valence electrons. The number of halogens is 3. The van der Waals surface area contributed by atoms with Crippen LogP contribution in [0.15, 0.2) is 46.8 Å². The van der Waals surface area contributed by atoms with Crippen LogP contribution in [0.3, 0.4) is 0 Å². The quantitative estimate of drug-likeness (QED) is 0.396. The molecule has 15 heteroatoms. The summed E-state index contributed by atoms with van der Waals surface area (Å²) in [6, 6.07) is 8.16. The number of carbonyl (C=O) groups is 3. The van der Waals surface area contributed by atoms with Crippen LogP contribution in [0.4, 0.5) is 13.2 Å². The molecule has 0 aromatic heterocycles. The van der Waals surface area contributed by atoms with Crippen LogP contribution >= 0.6 is 0 Å². The van der Waals surface area contributed by atoms with E-state index in [1.807, 2.05) is 26.0 Å². The van der Waals surface area contributed by atoms with Gasteiger partial charge in [0, 0.05) is 37.4 Å². The molecule has 0 saturated carbocycles. The Balaban J connectivity index is 1.28. The molecule has 2 saturated heterocycles. The molecular weight excluding hydrogens is 627 g/mol. The summed E-state index contributed by atoms with van der Waals surface area (Å²) < 4.78 is 69.8. The molecular formula is C31H34F3N5O6S. The van der Waals surface area contributed by atoms with Gasteiger partial charge >= 0.3 is 6.36 Å². The van der Waals surface area contributed by atoms with Gasteiger partial charge in [-0.2, -0.15) is 4.31 Å². The van der Waals surface area contributed by atoms with Crippen molar-refractivity contribution in [3.63, 3.8) is 0 Å². The number of alkyl halides is 3. The first-order chi connectivity index (χ1) is 21.5. The number of benzene rings is 2. The molecule has 3 amide bonds. The van der Waals surface area contributed by atoms with Crippen molar-refractivity contribution in [2.24, 2.45) is 4.99 Å². The number of rotatable bonds is 8. The SMILES string of the molecule is CC(=O)N[C@H](c1cc(C)c(C=CS(=O)(=O)N2CCC3(CC2)N=C(c2cccc(OC(F)(F)F)c2)NC3=O)c(C)c1)C1CCC(=O)N1. The van der Waals surface area contributed by atoms with Crippen molar-refractivity contribution in [1.82, 2.24) is 20.3 Å². The third-order valence-corrected chi connectivity index (χ3v) is 9.97. The summed E-state index contributed by atoms with van der Waals surface area (Å²) in [6.45, 7) is 5.11. The van der Waals surface area contributed by atoms with E-state index in [2.05, 4.69) is 25.7 Å². The first-order valence-electron chi connectivity index (χ1n) is 14.7. The van der Waals surface area contributed by atoms with Gasteiger partial charge in [-0.05, 0) is 73.6 Å². The molecule has 2 fully saturated rings. The Kier molecular flexibility index (Phi) is 9.01. The largest absolute Gasteiger partial charge is 0.573 e. The third-order valence-electron chi connectivity index (χ3n) is 8.40. The van der Waals surface area contributed by atoms with Gasteiger partial charge in [0.1, 0.15) is 17.1 Å². The second kappa shape index (κ2) is 12.5. The number of hydrogen-bond acceptors (Lipinski definition) is 7. The average Bonchev–Trinajstić information content (AvgIpc) is 3.53. The molecule has 2 atom stereocenters. The predicted molar refractivity (Wildman–Crippen MR) is 163 cm³/mol. The minimum atomic E-state index is -4.87. The van der Waals surface area contributed by atoms with Crippen molar-refractivity contribution in [1.29, 1.82) is 0 Å². The lowest BCUT2D eigenvalue weighted by atomic mass is 9.89. The van der Waals surface area contributed by atoms with Crippen molar-refractivity contribution < 1.29 is 40.7 Å². The van der Waals surface area contributed by atoms with Gasteiger partial charge in [0.15, 0.2) is 0 Å². The van der Waals surface area contributed by atoms with Crippen molar-refractivity contribution in [3.05, 3.63) is 69.6 Å². The van der Waals surface area contributed by atoms with Gasteiger partial charge in [0.05, 0.1) is 12.1 Å². The third kappa shape index (κ3) is 7.25. The number of aliphatic imine (C=N–C) groups is 1. The maximum atomic E-state index is 13.3. The number of piperidine rings is 1. The second-order valence-corrected chi connectivity index (χ2v) is 13.5. The van der Waals surface area contributed by atoms with E-state index in [1.54, 1.807) is 0 Å². The fraction of sp³-hybridized carbons (Fsp3) is 0.419. The van der Waals surface area contributed by atoms with Crippen LogP contribution in [-0.4, -0.2) is 67.3 Å². The summed E-state index contributed by atoms with van der Waals surface area (Å²) in [5, 5.41) is 9.57. The van der Waals surface area contributed by atoms with Crippen LogP contribution < -0.4 is 20.7 Å². The molecule has 1 spiro atoms. The number of ether oxygens (including phenoxy) is 1. The Morgan fingerprint density at radius 1 is 1.15 bits per heavy atom. The Labute approximate surface area is 264 Å². The molecule has 46 heavy (non-hydrogen) atoms. The Bertz CT molecular complexity index is 1710. The molecule has 2 aromatic rings. The van der Waals surface area contributed by atoms with Gasteiger partial charge in [-0.1, -0.05) is 24.3 Å². The summed E-state index contributed by atoms with van der Waals surface area (Å²) in [5.41, 5.74) is 2.06. The predicted octanol–water partition coefficient (Wildman–Crippen LogP) is 3.37. The number of carbonyl (C=O) groups excluding carboxylic acids is 3. The summed E-state index contributed by atoms with van der Waals surface area (Å²) in [6.07, 6.45) is -2.22. The summed E-state index contributed by atoms with van der Waals surface area (Å²) in [5.74, 6) is -1.11. The Morgan fingerprint density at radius 2 is 1.83 bits per heavy atom. The lowest BCUT2D eigenvalue weighted by molar-refractivity contribution is -0.274. The van der Waals surface area contributed by atoms with Crippen molar-refractivity contribution in [2.45, 2.75) is 70.4 Å². The van der Waals surface area contributed by atoms with E-state index in [4.69, 9.17) is 0 Å². The van der Waals surface area contributed by atoms with Gasteiger partial charge in [-0.25, -0.2) is 8.42 Å². The van der Waals surface area contributed by atoms with E-state index in [-0.39, 0.29) is 55.2 Å². The standard InChI is InChI=1S/C31H34F3N5O6S/c1-18-15-22(27(35-20(3)40)25-7-8-26(41)36-25)16-19(2)24(18)9-14-46(43,44)39-12-10-30(11-13-39)29(42)37-28(38-30)21-5-4-6-23(17-21)45-31(32,33)34/h4-6,9,14-17,25,27H,7-8,10-13H2,1-3H3,(H,35,40)(H,36,41)(H,37,38,42)/t25?,27-/m1/s1. The maximum Gasteiger partial charge on any atom is 0.573 e. The molecule has 3 N–H and O–H groups in total. The number of aryl methyl sites for hydroxylation is 2. The highest BCUT2D eigenvalue weighted by Crippen LogP contribution is 2.34. The molecule has 3 heterocycles. The normalized spacial score (nSPS) is 20.8. The topological polar surface area (TPSA) is 146 Å². The highest BCUT2D eigenvalue weighted by Gasteiger charge is 2.47. The van der Waals surface area contributed by atoms with Gasteiger partial charge < -0.3 is 20.7 Å². The first kappa shape index (κ1) is 33.1.